The Labute approximate surface area is 210 Å². The Morgan fingerprint density at radius 2 is 1.92 bits per heavy atom. The van der Waals surface area contributed by atoms with E-state index in [4.69, 9.17) is 4.74 Å². The molecule has 36 heavy (non-hydrogen) atoms. The van der Waals surface area contributed by atoms with E-state index in [0.29, 0.717) is 31.5 Å². The summed E-state index contributed by atoms with van der Waals surface area (Å²) in [5.74, 6) is -1.29. The van der Waals surface area contributed by atoms with Crippen LogP contribution in [0.3, 0.4) is 0 Å². The van der Waals surface area contributed by atoms with Crippen molar-refractivity contribution in [3.63, 3.8) is 0 Å². The maximum Gasteiger partial charge on any atom is 0.408 e. The number of aromatic nitrogens is 2. The van der Waals surface area contributed by atoms with Gasteiger partial charge in [-0.15, -0.1) is 0 Å². The number of hydrogen-bond donors (Lipinski definition) is 3. The quantitative estimate of drug-likeness (QED) is 0.498. The summed E-state index contributed by atoms with van der Waals surface area (Å²) in [6.45, 7) is 4.14. The van der Waals surface area contributed by atoms with E-state index in [1.54, 1.807) is 12.3 Å². The first-order valence-corrected chi connectivity index (χ1v) is 12.2. The Morgan fingerprint density at radius 3 is 2.67 bits per heavy atom. The number of carbonyl (C=O) groups is 4. The van der Waals surface area contributed by atoms with Crippen LogP contribution in [0.2, 0.25) is 0 Å². The number of nitrogens with one attached hydrogen (secondary N) is 3. The van der Waals surface area contributed by atoms with Gasteiger partial charge in [0.25, 0.3) is 5.91 Å². The third-order valence-corrected chi connectivity index (χ3v) is 5.71. The number of amides is 3. The first-order chi connectivity index (χ1) is 17.3. The van der Waals surface area contributed by atoms with E-state index in [2.05, 4.69) is 25.9 Å². The van der Waals surface area contributed by atoms with Crippen molar-refractivity contribution >= 4 is 23.7 Å². The molecule has 3 N–H and O–H groups in total. The molecule has 3 rings (SSSR count). The molecular weight excluding hydrogens is 462 g/mol. The molecule has 2 heterocycles. The third kappa shape index (κ3) is 8.44. The lowest BCUT2D eigenvalue weighted by atomic mass is 10.0. The molecular formula is C26H33N5O5. The Balaban J connectivity index is 1.65. The van der Waals surface area contributed by atoms with Crippen LogP contribution in [0, 0.1) is 5.92 Å². The van der Waals surface area contributed by atoms with Gasteiger partial charge in [0.05, 0.1) is 6.04 Å². The zero-order chi connectivity index (χ0) is 25.9. The first kappa shape index (κ1) is 26.8. The summed E-state index contributed by atoms with van der Waals surface area (Å²) in [6, 6.07) is 9.01. The largest absolute Gasteiger partial charge is 0.445 e. The Bertz CT molecular complexity index is 1060. The van der Waals surface area contributed by atoms with Crippen molar-refractivity contribution in [3.05, 3.63) is 59.7 Å². The number of ketones is 1. The Hall–Kier alpha value is -3.82. The highest BCUT2D eigenvalue weighted by Gasteiger charge is 2.30. The minimum atomic E-state index is -1.03. The lowest BCUT2D eigenvalue weighted by Gasteiger charge is -2.24. The number of benzene rings is 1. The van der Waals surface area contributed by atoms with E-state index in [0.717, 1.165) is 11.3 Å². The van der Waals surface area contributed by atoms with Gasteiger partial charge in [0.1, 0.15) is 18.5 Å². The normalized spacial score (nSPS) is 17.2. The van der Waals surface area contributed by atoms with Gasteiger partial charge in [-0.05, 0) is 36.8 Å². The molecule has 2 unspecified atom stereocenters. The minimum absolute atomic E-state index is 0.0627. The average Bonchev–Trinajstić information content (AvgIpc) is 2.86. The predicted molar refractivity (Wildman–Crippen MR) is 132 cm³/mol. The second kappa shape index (κ2) is 13.3. The highest BCUT2D eigenvalue weighted by atomic mass is 16.5. The van der Waals surface area contributed by atoms with Gasteiger partial charge >= 0.3 is 6.09 Å². The van der Waals surface area contributed by atoms with Gasteiger partial charge in [-0.3, -0.25) is 14.4 Å². The number of aryl methyl sites for hydroxylation is 1. The van der Waals surface area contributed by atoms with Crippen molar-refractivity contribution in [2.75, 3.05) is 6.54 Å². The number of rotatable bonds is 7. The molecule has 192 valence electrons. The average molecular weight is 496 g/mol. The monoisotopic (exact) mass is 495 g/mol. The van der Waals surface area contributed by atoms with Gasteiger partial charge in [-0.25, -0.2) is 14.8 Å². The fourth-order valence-corrected chi connectivity index (χ4v) is 3.87. The summed E-state index contributed by atoms with van der Waals surface area (Å²) >= 11 is 0. The molecule has 0 aliphatic carbocycles. The van der Waals surface area contributed by atoms with Crippen LogP contribution in [-0.2, 0) is 38.6 Å². The van der Waals surface area contributed by atoms with E-state index < -0.39 is 35.8 Å². The molecule has 0 fully saturated rings. The van der Waals surface area contributed by atoms with E-state index in [9.17, 15) is 19.2 Å². The van der Waals surface area contributed by atoms with Crippen molar-refractivity contribution in [2.24, 2.45) is 5.92 Å². The van der Waals surface area contributed by atoms with Crippen molar-refractivity contribution < 1.29 is 23.9 Å². The molecule has 0 saturated heterocycles. The summed E-state index contributed by atoms with van der Waals surface area (Å²) in [5, 5.41) is 7.88. The molecule has 1 aliphatic heterocycles. The molecule has 2 bridgehead atoms. The second-order valence-electron chi connectivity index (χ2n) is 9.18. The molecule has 0 radical (unpaired) electrons. The zero-order valence-electron chi connectivity index (χ0n) is 20.7. The molecule has 3 amide bonds. The summed E-state index contributed by atoms with van der Waals surface area (Å²) in [7, 11) is 0. The van der Waals surface area contributed by atoms with Crippen molar-refractivity contribution in [2.45, 2.75) is 64.6 Å². The number of nitrogens with zero attached hydrogens (tertiary/aromatic N) is 2. The van der Waals surface area contributed by atoms with Crippen LogP contribution >= 0.6 is 0 Å². The highest BCUT2D eigenvalue weighted by Crippen LogP contribution is 2.10. The summed E-state index contributed by atoms with van der Waals surface area (Å²) in [6.07, 6.45) is 2.98. The third-order valence-electron chi connectivity index (χ3n) is 5.71. The summed E-state index contributed by atoms with van der Waals surface area (Å²) < 4.78 is 5.26. The number of hydrogen-bond acceptors (Lipinski definition) is 7. The van der Waals surface area contributed by atoms with Crippen LogP contribution in [0.25, 0.3) is 0 Å². The van der Waals surface area contributed by atoms with E-state index >= 15 is 0 Å². The van der Waals surface area contributed by atoms with Crippen molar-refractivity contribution in [1.29, 1.82) is 0 Å². The molecule has 0 spiro atoms. The lowest BCUT2D eigenvalue weighted by molar-refractivity contribution is -0.140. The molecule has 1 aliphatic rings. The van der Waals surface area contributed by atoms with Crippen LogP contribution in [0.1, 0.15) is 50.2 Å². The Kier molecular flexibility index (Phi) is 9.91. The van der Waals surface area contributed by atoms with Gasteiger partial charge in [0, 0.05) is 31.3 Å². The summed E-state index contributed by atoms with van der Waals surface area (Å²) in [4.78, 5) is 59.6. The SMILES string of the molecule is CC(C)CC(NC(=O)OCc1ccccc1)C(=O)NC1CCCc2nccc(n2)CCNC(=O)C1=O. The van der Waals surface area contributed by atoms with Crippen LogP contribution in [-0.4, -0.2) is 52.3 Å². The topological polar surface area (TPSA) is 139 Å². The molecule has 10 nitrogen and oxygen atoms in total. The Morgan fingerprint density at radius 1 is 1.14 bits per heavy atom. The van der Waals surface area contributed by atoms with Crippen LogP contribution < -0.4 is 16.0 Å². The fraction of sp³-hybridized carbons (Fsp3) is 0.462. The fourth-order valence-electron chi connectivity index (χ4n) is 3.87. The molecule has 1 aromatic heterocycles. The van der Waals surface area contributed by atoms with Crippen LogP contribution in [0.15, 0.2) is 42.6 Å². The molecule has 10 heteroatoms. The standard InChI is InChI=1S/C26H33N5O5/c1-17(2)15-21(31-26(35)36-16-18-7-4-3-5-8-18)24(33)30-20-9-6-10-22-27-13-11-19(29-22)12-14-28-25(34)23(20)32/h3-5,7-8,11,13,17,20-21H,6,9-10,12,14-16H2,1-2H3,(H,28,34)(H,30,33)(H,31,35). The van der Waals surface area contributed by atoms with Gasteiger partial charge in [-0.1, -0.05) is 44.2 Å². The van der Waals surface area contributed by atoms with E-state index in [-0.39, 0.29) is 25.5 Å². The highest BCUT2D eigenvalue weighted by molar-refractivity contribution is 6.38. The second-order valence-corrected chi connectivity index (χ2v) is 9.18. The van der Waals surface area contributed by atoms with Gasteiger partial charge < -0.3 is 20.7 Å². The maximum atomic E-state index is 13.1. The van der Waals surface area contributed by atoms with Gasteiger partial charge in [0.15, 0.2) is 0 Å². The molecule has 0 saturated carbocycles. The molecule has 1 aromatic carbocycles. The van der Waals surface area contributed by atoms with Gasteiger partial charge in [0.2, 0.25) is 11.7 Å². The number of ether oxygens (including phenoxy) is 1. The maximum absolute atomic E-state index is 13.1. The number of fused-ring (bicyclic) bond motifs is 2. The van der Waals surface area contributed by atoms with E-state index in [1.165, 1.54) is 0 Å². The lowest BCUT2D eigenvalue weighted by Crippen LogP contribution is -2.54. The minimum Gasteiger partial charge on any atom is -0.445 e. The van der Waals surface area contributed by atoms with Gasteiger partial charge in [-0.2, -0.15) is 0 Å². The molecule has 2 atom stereocenters. The first-order valence-electron chi connectivity index (χ1n) is 12.2. The van der Waals surface area contributed by atoms with Crippen LogP contribution in [0.5, 0.6) is 0 Å². The smallest absolute Gasteiger partial charge is 0.408 e. The number of carbonyl (C=O) groups excluding carboxylic acids is 4. The van der Waals surface area contributed by atoms with E-state index in [1.807, 2.05) is 44.2 Å². The van der Waals surface area contributed by atoms with Crippen molar-refractivity contribution in [1.82, 2.24) is 25.9 Å². The predicted octanol–water partition coefficient (Wildman–Crippen LogP) is 1.87. The number of alkyl carbamates (subject to hydrolysis) is 1. The summed E-state index contributed by atoms with van der Waals surface area (Å²) in [5.41, 5.74) is 1.61. The molecule has 2 aromatic rings. The zero-order valence-corrected chi connectivity index (χ0v) is 20.7. The van der Waals surface area contributed by atoms with Crippen molar-refractivity contribution in [3.8, 4) is 0 Å². The number of Topliss-reactive ketones (excluding diaryl/α,β-unsaturated/α-hetero) is 1. The van der Waals surface area contributed by atoms with Crippen LogP contribution in [0.4, 0.5) is 4.79 Å².